The molecule has 0 amide bonds. The van der Waals surface area contributed by atoms with E-state index in [0.717, 1.165) is 16.0 Å². The lowest BCUT2D eigenvalue weighted by Gasteiger charge is -2.02. The van der Waals surface area contributed by atoms with Crippen LogP contribution in [-0.4, -0.2) is 15.7 Å². The first-order valence-electron chi connectivity index (χ1n) is 7.33. The van der Waals surface area contributed by atoms with E-state index < -0.39 is 10.8 Å². The second kappa shape index (κ2) is 8.44. The topological polar surface area (TPSA) is 34.1 Å². The van der Waals surface area contributed by atoms with Gasteiger partial charge >= 0.3 is 0 Å². The summed E-state index contributed by atoms with van der Waals surface area (Å²) in [7, 11) is -1.24. The van der Waals surface area contributed by atoms with Crippen LogP contribution in [0.3, 0.4) is 0 Å². The highest BCUT2D eigenvalue weighted by Gasteiger charge is 2.09. The van der Waals surface area contributed by atoms with E-state index in [0.29, 0.717) is 12.8 Å². The van der Waals surface area contributed by atoms with Gasteiger partial charge in [0.1, 0.15) is 5.78 Å². The van der Waals surface area contributed by atoms with E-state index in [9.17, 15) is 9.00 Å². The first-order valence-corrected chi connectivity index (χ1v) is 8.65. The Morgan fingerprint density at radius 1 is 1.05 bits per heavy atom. The van der Waals surface area contributed by atoms with Crippen LogP contribution in [0.5, 0.6) is 0 Å². The first-order chi connectivity index (χ1) is 10.6. The van der Waals surface area contributed by atoms with Crippen molar-refractivity contribution >= 4 is 22.7 Å². The third-order valence-electron chi connectivity index (χ3n) is 3.28. The molecule has 0 spiro atoms. The number of carbonyl (C=O) groups is 1. The van der Waals surface area contributed by atoms with Gasteiger partial charge in [0.25, 0.3) is 0 Å². The molecule has 2 rings (SSSR count). The summed E-state index contributed by atoms with van der Waals surface area (Å²) in [6.07, 6.45) is 5.10. The molecule has 0 saturated heterocycles. The zero-order chi connectivity index (χ0) is 15.8. The van der Waals surface area contributed by atoms with Gasteiger partial charge in [0.15, 0.2) is 0 Å². The second-order valence-electron chi connectivity index (χ2n) is 5.19. The predicted molar refractivity (Wildman–Crippen MR) is 92.2 cm³/mol. The van der Waals surface area contributed by atoms with E-state index >= 15 is 0 Å². The van der Waals surface area contributed by atoms with Gasteiger partial charge in [-0.2, -0.15) is 0 Å². The molecular weight excluding hydrogens is 292 g/mol. The maximum atomic E-state index is 12.1. The van der Waals surface area contributed by atoms with E-state index in [1.165, 1.54) is 0 Å². The summed E-state index contributed by atoms with van der Waals surface area (Å²) in [5, 5.41) is 0. The van der Waals surface area contributed by atoms with Gasteiger partial charge in [-0.15, -0.1) is 0 Å². The van der Waals surface area contributed by atoms with E-state index in [1.807, 2.05) is 73.7 Å². The SMILES string of the molecule is Cc1ccc(S(=O)CC(=O)CCC=Cc2ccccc2)cc1. The van der Waals surface area contributed by atoms with Crippen molar-refractivity contribution in [3.8, 4) is 0 Å². The summed E-state index contributed by atoms with van der Waals surface area (Å²) in [5.41, 5.74) is 2.25. The first kappa shape index (κ1) is 16.4. The fourth-order valence-electron chi connectivity index (χ4n) is 2.02. The molecule has 0 radical (unpaired) electrons. The van der Waals surface area contributed by atoms with Crippen LogP contribution in [0.1, 0.15) is 24.0 Å². The molecule has 0 saturated carbocycles. The normalized spacial score (nSPS) is 12.4. The molecule has 114 valence electrons. The average Bonchev–Trinajstić information content (AvgIpc) is 2.53. The van der Waals surface area contributed by atoms with Crippen LogP contribution in [-0.2, 0) is 15.6 Å². The van der Waals surface area contributed by atoms with Gasteiger partial charge in [0.2, 0.25) is 0 Å². The van der Waals surface area contributed by atoms with Crippen LogP contribution in [0.15, 0.2) is 65.6 Å². The Morgan fingerprint density at radius 3 is 2.41 bits per heavy atom. The molecular formula is C19H20O2S. The number of allylic oxidation sites excluding steroid dienone is 1. The van der Waals surface area contributed by atoms with Gasteiger partial charge in [-0.05, 0) is 31.0 Å². The number of aryl methyl sites for hydroxylation is 1. The summed E-state index contributed by atoms with van der Waals surface area (Å²) in [5.74, 6) is 0.138. The molecule has 2 nitrogen and oxygen atoms in total. The number of ketones is 1. The Kier molecular flexibility index (Phi) is 6.28. The van der Waals surface area contributed by atoms with Crippen LogP contribution in [0.4, 0.5) is 0 Å². The maximum absolute atomic E-state index is 12.1. The highest BCUT2D eigenvalue weighted by Crippen LogP contribution is 2.10. The minimum absolute atomic E-state index is 0.0385. The van der Waals surface area contributed by atoms with Crippen LogP contribution in [0, 0.1) is 6.92 Å². The average molecular weight is 312 g/mol. The van der Waals surface area contributed by atoms with Gasteiger partial charge in [-0.3, -0.25) is 9.00 Å². The standard InChI is InChI=1S/C19H20O2S/c1-16-11-13-19(14-12-16)22(21)15-18(20)10-6-5-9-17-7-3-2-4-8-17/h2-5,7-9,11-14H,6,10,15H2,1H3. The molecule has 2 aromatic rings. The van der Waals surface area contributed by atoms with Crippen LogP contribution in [0.2, 0.25) is 0 Å². The van der Waals surface area contributed by atoms with Gasteiger partial charge in [0, 0.05) is 11.3 Å². The van der Waals surface area contributed by atoms with Crippen molar-refractivity contribution in [3.05, 3.63) is 71.8 Å². The summed E-state index contributed by atoms with van der Waals surface area (Å²) in [6, 6.07) is 17.5. The Labute approximate surface area is 134 Å². The summed E-state index contributed by atoms with van der Waals surface area (Å²) >= 11 is 0. The van der Waals surface area contributed by atoms with Crippen molar-refractivity contribution in [1.82, 2.24) is 0 Å². The highest BCUT2D eigenvalue weighted by atomic mass is 32.2. The molecule has 22 heavy (non-hydrogen) atoms. The molecule has 0 bridgehead atoms. The fraction of sp³-hybridized carbons (Fsp3) is 0.211. The van der Waals surface area contributed by atoms with E-state index in [1.54, 1.807) is 0 Å². The number of carbonyl (C=O) groups excluding carboxylic acids is 1. The monoisotopic (exact) mass is 312 g/mol. The van der Waals surface area contributed by atoms with Crippen molar-refractivity contribution in [2.45, 2.75) is 24.7 Å². The van der Waals surface area contributed by atoms with Gasteiger partial charge in [0.05, 0.1) is 16.6 Å². The molecule has 0 heterocycles. The molecule has 2 aromatic carbocycles. The van der Waals surface area contributed by atoms with Gasteiger partial charge in [-0.25, -0.2) is 0 Å². The Hall–Kier alpha value is -2.00. The van der Waals surface area contributed by atoms with Crippen LogP contribution >= 0.6 is 0 Å². The van der Waals surface area contributed by atoms with Crippen molar-refractivity contribution in [1.29, 1.82) is 0 Å². The van der Waals surface area contributed by atoms with E-state index in [2.05, 4.69) is 0 Å². The quantitative estimate of drug-likeness (QED) is 0.769. The summed E-state index contributed by atoms with van der Waals surface area (Å²) < 4.78 is 12.1. The van der Waals surface area contributed by atoms with Crippen molar-refractivity contribution in [3.63, 3.8) is 0 Å². The van der Waals surface area contributed by atoms with Crippen LogP contribution in [0.25, 0.3) is 6.08 Å². The third-order valence-corrected chi connectivity index (χ3v) is 4.66. The fourth-order valence-corrected chi connectivity index (χ4v) is 3.06. The lowest BCUT2D eigenvalue weighted by molar-refractivity contribution is -0.116. The zero-order valence-electron chi connectivity index (χ0n) is 12.7. The molecule has 1 atom stereocenters. The molecule has 0 aromatic heterocycles. The number of hydrogen-bond donors (Lipinski definition) is 0. The second-order valence-corrected chi connectivity index (χ2v) is 6.64. The molecule has 0 N–H and O–H groups in total. The molecule has 0 aliphatic carbocycles. The Balaban J connectivity index is 1.77. The molecule has 1 unspecified atom stereocenters. The predicted octanol–water partition coefficient (Wildman–Crippen LogP) is 4.17. The molecule has 0 fully saturated rings. The zero-order valence-corrected chi connectivity index (χ0v) is 13.5. The Morgan fingerprint density at radius 2 is 1.73 bits per heavy atom. The van der Waals surface area contributed by atoms with Gasteiger partial charge < -0.3 is 0 Å². The third kappa shape index (κ3) is 5.41. The number of rotatable bonds is 7. The maximum Gasteiger partial charge on any atom is 0.146 e. The van der Waals surface area contributed by atoms with Crippen molar-refractivity contribution in [2.24, 2.45) is 0 Å². The minimum Gasteiger partial charge on any atom is -0.299 e. The molecule has 0 aliphatic heterocycles. The largest absolute Gasteiger partial charge is 0.299 e. The van der Waals surface area contributed by atoms with Crippen LogP contribution < -0.4 is 0 Å². The Bertz CT molecular complexity index is 658. The number of Topliss-reactive ketones (excluding diaryl/α,β-unsaturated/α-hetero) is 1. The van der Waals surface area contributed by atoms with E-state index in [4.69, 9.17) is 0 Å². The molecule has 0 aliphatic rings. The number of hydrogen-bond acceptors (Lipinski definition) is 2. The van der Waals surface area contributed by atoms with Gasteiger partial charge in [-0.1, -0.05) is 60.2 Å². The van der Waals surface area contributed by atoms with Crippen molar-refractivity contribution < 1.29 is 9.00 Å². The lowest BCUT2D eigenvalue weighted by Crippen LogP contribution is -2.10. The number of benzene rings is 2. The minimum atomic E-state index is -1.24. The van der Waals surface area contributed by atoms with Crippen molar-refractivity contribution in [2.75, 3.05) is 5.75 Å². The summed E-state index contributed by atoms with van der Waals surface area (Å²) in [6.45, 7) is 1.98. The molecule has 3 heteroatoms. The summed E-state index contributed by atoms with van der Waals surface area (Å²) in [4.78, 5) is 12.6. The lowest BCUT2D eigenvalue weighted by atomic mass is 10.1. The highest BCUT2D eigenvalue weighted by molar-refractivity contribution is 7.85. The smallest absolute Gasteiger partial charge is 0.146 e. The van der Waals surface area contributed by atoms with E-state index in [-0.39, 0.29) is 11.5 Å².